The Morgan fingerprint density at radius 3 is 2.73 bits per heavy atom. The van der Waals surface area contributed by atoms with Crippen LogP contribution < -0.4 is 10.1 Å². The molecule has 7 nitrogen and oxygen atoms in total. The summed E-state index contributed by atoms with van der Waals surface area (Å²) in [5, 5.41) is 2.94. The van der Waals surface area contributed by atoms with E-state index < -0.39 is 0 Å². The molecule has 1 aromatic rings. The summed E-state index contributed by atoms with van der Waals surface area (Å²) >= 11 is 0. The van der Waals surface area contributed by atoms with Crippen LogP contribution in [-0.4, -0.2) is 54.1 Å². The van der Waals surface area contributed by atoms with Crippen molar-refractivity contribution in [3.05, 3.63) is 18.3 Å². The minimum atomic E-state index is -0.139. The van der Waals surface area contributed by atoms with Crippen molar-refractivity contribution in [2.24, 2.45) is 11.8 Å². The molecule has 0 radical (unpaired) electrons. The van der Waals surface area contributed by atoms with Crippen LogP contribution in [0.3, 0.4) is 0 Å². The molecule has 3 saturated heterocycles. The number of hydrogen-bond donors (Lipinski definition) is 1. The fourth-order valence-electron chi connectivity index (χ4n) is 4.58. The Morgan fingerprint density at radius 2 is 2.04 bits per heavy atom. The molecule has 4 heterocycles. The Bertz CT molecular complexity index is 672. The molecule has 3 aliphatic heterocycles. The van der Waals surface area contributed by atoms with Crippen LogP contribution in [0, 0.1) is 11.8 Å². The Hall–Kier alpha value is -2.15. The van der Waals surface area contributed by atoms with Gasteiger partial charge < -0.3 is 19.7 Å². The monoisotopic (exact) mass is 359 g/mol. The molecule has 140 valence electrons. The van der Waals surface area contributed by atoms with Crippen LogP contribution in [0.2, 0.25) is 0 Å². The number of carbonyl (C=O) groups is 2. The maximum absolute atomic E-state index is 13.0. The standard InChI is InChI=1S/C19H25N3O4/c1-25-17-5-2-13(11-20-17)21-18(23)15-10-14-3-4-16(15)22(14)19(24)12-6-8-26-9-7-12/h2,5,11-12,14-16H,3-4,6-10H2,1H3,(H,21,23). The normalized spacial score (nSPS) is 28.2. The third-order valence-electron chi connectivity index (χ3n) is 5.91. The fourth-order valence-corrected chi connectivity index (χ4v) is 4.58. The molecule has 26 heavy (non-hydrogen) atoms. The Kier molecular flexibility index (Phi) is 4.80. The average molecular weight is 359 g/mol. The molecule has 0 spiro atoms. The van der Waals surface area contributed by atoms with Crippen molar-refractivity contribution < 1.29 is 19.1 Å². The number of methoxy groups -OCH3 is 1. The molecular formula is C19H25N3O4. The van der Waals surface area contributed by atoms with Crippen molar-refractivity contribution in [3.63, 3.8) is 0 Å². The number of fused-ring (bicyclic) bond motifs is 2. The first-order valence-corrected chi connectivity index (χ1v) is 9.38. The molecule has 2 amide bonds. The molecule has 1 aromatic heterocycles. The summed E-state index contributed by atoms with van der Waals surface area (Å²) in [5.74, 6) is 0.631. The highest BCUT2D eigenvalue weighted by molar-refractivity contribution is 5.94. The topological polar surface area (TPSA) is 80.8 Å². The molecule has 0 aromatic carbocycles. The predicted octanol–water partition coefficient (Wildman–Crippen LogP) is 1.83. The van der Waals surface area contributed by atoms with Crippen LogP contribution in [0.4, 0.5) is 5.69 Å². The van der Waals surface area contributed by atoms with Gasteiger partial charge >= 0.3 is 0 Å². The van der Waals surface area contributed by atoms with Crippen molar-refractivity contribution in [1.82, 2.24) is 9.88 Å². The second-order valence-corrected chi connectivity index (χ2v) is 7.35. The number of pyridine rings is 1. The van der Waals surface area contributed by atoms with Gasteiger partial charge in [-0.15, -0.1) is 0 Å². The summed E-state index contributed by atoms with van der Waals surface area (Å²) in [6.45, 7) is 1.32. The van der Waals surface area contributed by atoms with Crippen molar-refractivity contribution in [2.75, 3.05) is 25.6 Å². The molecular weight excluding hydrogens is 334 g/mol. The highest BCUT2D eigenvalue weighted by Gasteiger charge is 2.52. The number of aromatic nitrogens is 1. The number of anilines is 1. The van der Waals surface area contributed by atoms with E-state index in [0.29, 0.717) is 24.8 Å². The molecule has 7 heteroatoms. The highest BCUT2D eigenvalue weighted by Crippen LogP contribution is 2.43. The average Bonchev–Trinajstić information content (AvgIpc) is 3.27. The minimum absolute atomic E-state index is 0.0195. The number of hydrogen-bond acceptors (Lipinski definition) is 5. The quantitative estimate of drug-likeness (QED) is 0.887. The zero-order valence-corrected chi connectivity index (χ0v) is 15.0. The first-order chi connectivity index (χ1) is 12.7. The third kappa shape index (κ3) is 3.16. The number of carbonyl (C=O) groups excluding carboxylic acids is 2. The number of nitrogens with one attached hydrogen (secondary N) is 1. The van der Waals surface area contributed by atoms with Crippen molar-refractivity contribution in [2.45, 2.75) is 44.2 Å². The van der Waals surface area contributed by atoms with Crippen molar-refractivity contribution >= 4 is 17.5 Å². The molecule has 3 aliphatic rings. The van der Waals surface area contributed by atoms with E-state index in [4.69, 9.17) is 9.47 Å². The van der Waals surface area contributed by atoms with Crippen molar-refractivity contribution in [1.29, 1.82) is 0 Å². The zero-order chi connectivity index (χ0) is 18.1. The molecule has 2 bridgehead atoms. The van der Waals surface area contributed by atoms with Crippen LogP contribution in [0.5, 0.6) is 5.88 Å². The van der Waals surface area contributed by atoms with Gasteiger partial charge in [-0.2, -0.15) is 0 Å². The lowest BCUT2D eigenvalue weighted by Crippen LogP contribution is -2.43. The lowest BCUT2D eigenvalue weighted by molar-refractivity contribution is -0.140. The molecule has 3 atom stereocenters. The molecule has 3 fully saturated rings. The van der Waals surface area contributed by atoms with Gasteiger partial charge in [0, 0.05) is 37.3 Å². The summed E-state index contributed by atoms with van der Waals surface area (Å²) < 4.78 is 10.4. The van der Waals surface area contributed by atoms with Gasteiger partial charge in [0.1, 0.15) is 0 Å². The Balaban J connectivity index is 1.41. The van der Waals surface area contributed by atoms with Crippen LogP contribution in [-0.2, 0) is 14.3 Å². The molecule has 3 unspecified atom stereocenters. The fraction of sp³-hybridized carbons (Fsp3) is 0.632. The lowest BCUT2D eigenvalue weighted by atomic mass is 9.88. The van der Waals surface area contributed by atoms with E-state index >= 15 is 0 Å². The summed E-state index contributed by atoms with van der Waals surface area (Å²) in [7, 11) is 1.56. The van der Waals surface area contributed by atoms with Gasteiger partial charge in [0.25, 0.3) is 0 Å². The maximum atomic E-state index is 13.0. The van der Waals surface area contributed by atoms with Gasteiger partial charge in [-0.1, -0.05) is 0 Å². The van der Waals surface area contributed by atoms with Gasteiger partial charge in [-0.05, 0) is 38.2 Å². The summed E-state index contributed by atoms with van der Waals surface area (Å²) in [5.41, 5.74) is 0.654. The van der Waals surface area contributed by atoms with E-state index in [1.165, 1.54) is 0 Å². The lowest BCUT2D eigenvalue weighted by Gasteiger charge is -2.30. The molecule has 1 N–H and O–H groups in total. The number of amides is 2. The van der Waals surface area contributed by atoms with E-state index in [1.54, 1.807) is 25.4 Å². The molecule has 4 rings (SSSR count). The molecule has 0 aliphatic carbocycles. The smallest absolute Gasteiger partial charge is 0.229 e. The van der Waals surface area contributed by atoms with Crippen LogP contribution in [0.1, 0.15) is 32.1 Å². The first-order valence-electron chi connectivity index (χ1n) is 9.38. The van der Waals surface area contributed by atoms with Crippen LogP contribution in [0.15, 0.2) is 18.3 Å². The largest absolute Gasteiger partial charge is 0.481 e. The number of nitrogens with zero attached hydrogens (tertiary/aromatic N) is 2. The van der Waals surface area contributed by atoms with Gasteiger partial charge in [0.15, 0.2) is 0 Å². The zero-order valence-electron chi connectivity index (χ0n) is 15.0. The van der Waals surface area contributed by atoms with E-state index in [-0.39, 0.29) is 35.7 Å². The van der Waals surface area contributed by atoms with E-state index in [9.17, 15) is 9.59 Å². The Morgan fingerprint density at radius 1 is 1.23 bits per heavy atom. The first kappa shape index (κ1) is 17.3. The molecule has 0 saturated carbocycles. The Labute approximate surface area is 153 Å². The van der Waals surface area contributed by atoms with Gasteiger partial charge in [-0.3, -0.25) is 9.59 Å². The summed E-state index contributed by atoms with van der Waals surface area (Å²) in [4.78, 5) is 31.9. The second-order valence-electron chi connectivity index (χ2n) is 7.35. The van der Waals surface area contributed by atoms with Gasteiger partial charge in [0.05, 0.1) is 24.9 Å². The van der Waals surface area contributed by atoms with Crippen LogP contribution in [0.25, 0.3) is 0 Å². The van der Waals surface area contributed by atoms with Crippen molar-refractivity contribution in [3.8, 4) is 5.88 Å². The van der Waals surface area contributed by atoms with Gasteiger partial charge in [0.2, 0.25) is 17.7 Å². The van der Waals surface area contributed by atoms with Gasteiger partial charge in [-0.25, -0.2) is 4.98 Å². The summed E-state index contributed by atoms with van der Waals surface area (Å²) in [6, 6.07) is 3.74. The predicted molar refractivity (Wildman–Crippen MR) is 94.7 cm³/mol. The third-order valence-corrected chi connectivity index (χ3v) is 5.91. The number of ether oxygens (including phenoxy) is 2. The minimum Gasteiger partial charge on any atom is -0.481 e. The summed E-state index contributed by atoms with van der Waals surface area (Å²) in [6.07, 6.45) is 5.86. The van der Waals surface area contributed by atoms with E-state index in [2.05, 4.69) is 10.3 Å². The maximum Gasteiger partial charge on any atom is 0.229 e. The van der Waals surface area contributed by atoms with E-state index in [0.717, 1.165) is 32.1 Å². The van der Waals surface area contributed by atoms with Crippen LogP contribution >= 0.6 is 0 Å². The second kappa shape index (κ2) is 7.23. The van der Waals surface area contributed by atoms with E-state index in [1.807, 2.05) is 4.90 Å². The SMILES string of the molecule is COc1ccc(NC(=O)C2CC3CCC2N3C(=O)C2CCOCC2)cn1. The highest BCUT2D eigenvalue weighted by atomic mass is 16.5. The number of rotatable bonds is 4.